The van der Waals surface area contributed by atoms with Gasteiger partial charge in [0, 0.05) is 18.2 Å². The lowest BCUT2D eigenvalue weighted by atomic mass is 10.00. The molecule has 1 aromatic heterocycles. The summed E-state index contributed by atoms with van der Waals surface area (Å²) in [5.41, 5.74) is 2.90. The van der Waals surface area contributed by atoms with Crippen molar-refractivity contribution in [1.82, 2.24) is 0 Å². The molecular weight excluding hydrogens is 246 g/mol. The predicted molar refractivity (Wildman–Crippen MR) is 80.8 cm³/mol. The van der Waals surface area contributed by atoms with E-state index < -0.39 is 0 Å². The molecule has 1 aromatic carbocycles. The van der Waals surface area contributed by atoms with Crippen LogP contribution in [0, 0.1) is 0 Å². The summed E-state index contributed by atoms with van der Waals surface area (Å²) in [4.78, 5) is 5.11. The lowest BCUT2D eigenvalue weighted by molar-refractivity contribution is -0.659. The number of fused-ring (bicyclic) bond motifs is 4. The first-order valence-electron chi connectivity index (χ1n) is 7.33. The van der Waals surface area contributed by atoms with Gasteiger partial charge in [0.25, 0.3) is 5.82 Å². The highest BCUT2D eigenvalue weighted by atomic mass is 15.5. The van der Waals surface area contributed by atoms with Gasteiger partial charge in [0.1, 0.15) is 6.04 Å². The van der Waals surface area contributed by atoms with E-state index in [9.17, 15) is 0 Å². The third kappa shape index (κ3) is 1.56. The van der Waals surface area contributed by atoms with E-state index in [1.165, 1.54) is 17.1 Å². The molecule has 0 saturated carbocycles. The molecule has 3 heterocycles. The zero-order valence-electron chi connectivity index (χ0n) is 12.0. The van der Waals surface area contributed by atoms with Gasteiger partial charge in [0.2, 0.25) is 0 Å². The minimum absolute atomic E-state index is 0.414. The Labute approximate surface area is 120 Å². The Morgan fingerprint density at radius 3 is 2.75 bits per heavy atom. The summed E-state index contributed by atoms with van der Waals surface area (Å²) >= 11 is 0. The molecule has 0 radical (unpaired) electrons. The van der Waals surface area contributed by atoms with Gasteiger partial charge in [-0.2, -0.15) is 0 Å². The minimum atomic E-state index is 0.414. The number of aryl methyl sites for hydroxylation is 1. The zero-order chi connectivity index (χ0) is 13.7. The van der Waals surface area contributed by atoms with E-state index >= 15 is 0 Å². The average molecular weight is 266 g/mol. The molecule has 0 N–H and O–H groups in total. The van der Waals surface area contributed by atoms with Crippen LogP contribution in [0.25, 0.3) is 0 Å². The van der Waals surface area contributed by atoms with E-state index in [4.69, 9.17) is 0 Å². The molecule has 0 aliphatic carbocycles. The fraction of sp³-hybridized carbons (Fsp3) is 0.353. The zero-order valence-corrected chi connectivity index (χ0v) is 12.0. The lowest BCUT2D eigenvalue weighted by Gasteiger charge is -2.25. The molecular formula is C17H20N3+. The lowest BCUT2D eigenvalue weighted by Crippen LogP contribution is -2.46. The number of hydrogen-bond donors (Lipinski definition) is 0. The molecule has 1 fully saturated rings. The fourth-order valence-corrected chi connectivity index (χ4v) is 3.76. The monoisotopic (exact) mass is 266 g/mol. The Morgan fingerprint density at radius 2 is 1.90 bits per heavy atom. The van der Waals surface area contributed by atoms with Crippen molar-refractivity contribution in [2.24, 2.45) is 7.05 Å². The largest absolute Gasteiger partial charge is 0.329 e. The van der Waals surface area contributed by atoms with Crippen molar-refractivity contribution in [2.75, 3.05) is 16.3 Å². The third-order valence-corrected chi connectivity index (χ3v) is 4.70. The highest BCUT2D eigenvalue weighted by Gasteiger charge is 2.47. The second kappa shape index (κ2) is 4.23. The van der Waals surface area contributed by atoms with E-state index in [0.29, 0.717) is 12.2 Å². The van der Waals surface area contributed by atoms with Crippen LogP contribution in [-0.4, -0.2) is 18.8 Å². The SMILES string of the molecule is CC1N2CC(Cc3ccccc32)N1c1cccc[n+]1C. The Balaban J connectivity index is 1.79. The van der Waals surface area contributed by atoms with Crippen LogP contribution < -0.4 is 14.4 Å². The molecule has 2 aliphatic rings. The van der Waals surface area contributed by atoms with Crippen LogP contribution in [0.15, 0.2) is 48.7 Å². The van der Waals surface area contributed by atoms with Gasteiger partial charge in [-0.3, -0.25) is 0 Å². The van der Waals surface area contributed by atoms with Crippen molar-refractivity contribution in [3.63, 3.8) is 0 Å². The van der Waals surface area contributed by atoms with Gasteiger partial charge in [-0.25, -0.2) is 9.47 Å². The highest BCUT2D eigenvalue weighted by Crippen LogP contribution is 2.38. The first kappa shape index (κ1) is 11.8. The summed E-state index contributed by atoms with van der Waals surface area (Å²) in [6.07, 6.45) is 3.69. The summed E-state index contributed by atoms with van der Waals surface area (Å²) in [7, 11) is 2.13. The van der Waals surface area contributed by atoms with Crippen LogP contribution in [0.1, 0.15) is 12.5 Å². The summed E-state index contributed by atoms with van der Waals surface area (Å²) < 4.78 is 2.23. The number of para-hydroxylation sites is 1. The van der Waals surface area contributed by atoms with Crippen LogP contribution in [0.2, 0.25) is 0 Å². The number of anilines is 2. The van der Waals surface area contributed by atoms with Gasteiger partial charge >= 0.3 is 0 Å². The Morgan fingerprint density at radius 1 is 1.10 bits per heavy atom. The van der Waals surface area contributed by atoms with Crippen molar-refractivity contribution >= 4 is 11.5 Å². The Hall–Kier alpha value is -2.03. The standard InChI is InChI=1S/C17H20N3/c1-13-19-12-15(11-14-7-3-4-8-16(14)19)20(13)17-9-5-6-10-18(17)2/h3-10,13,15H,11-12H2,1-2H3/q+1. The van der Waals surface area contributed by atoms with Crippen LogP contribution in [-0.2, 0) is 13.5 Å². The number of aromatic nitrogens is 1. The summed E-state index contributed by atoms with van der Waals surface area (Å²) in [5, 5.41) is 0. The first-order chi connectivity index (χ1) is 9.75. The number of hydrogen-bond acceptors (Lipinski definition) is 2. The molecule has 3 heteroatoms. The maximum absolute atomic E-state index is 2.57. The van der Waals surface area contributed by atoms with Crippen LogP contribution in [0.3, 0.4) is 0 Å². The molecule has 2 aliphatic heterocycles. The number of pyridine rings is 1. The normalized spacial score (nSPS) is 23.9. The number of nitrogens with zero attached hydrogens (tertiary/aromatic N) is 3. The van der Waals surface area contributed by atoms with Gasteiger partial charge in [-0.1, -0.05) is 24.3 Å². The van der Waals surface area contributed by atoms with Crippen molar-refractivity contribution in [1.29, 1.82) is 0 Å². The molecule has 2 bridgehead atoms. The maximum atomic E-state index is 2.57. The second-order valence-corrected chi connectivity index (χ2v) is 5.85. The molecule has 3 nitrogen and oxygen atoms in total. The molecule has 1 saturated heterocycles. The predicted octanol–water partition coefficient (Wildman–Crippen LogP) is 2.11. The molecule has 102 valence electrons. The van der Waals surface area contributed by atoms with Crippen LogP contribution >= 0.6 is 0 Å². The van der Waals surface area contributed by atoms with E-state index in [1.54, 1.807) is 0 Å². The van der Waals surface area contributed by atoms with Gasteiger partial charge in [0.05, 0.1) is 19.8 Å². The number of rotatable bonds is 1. The van der Waals surface area contributed by atoms with Crippen molar-refractivity contribution in [3.05, 3.63) is 54.2 Å². The second-order valence-electron chi connectivity index (χ2n) is 5.85. The minimum Gasteiger partial charge on any atom is -0.329 e. The Bertz CT molecular complexity index is 650. The van der Waals surface area contributed by atoms with Gasteiger partial charge in [-0.15, -0.1) is 0 Å². The van der Waals surface area contributed by atoms with E-state index in [2.05, 4.69) is 77.0 Å². The van der Waals surface area contributed by atoms with E-state index in [-0.39, 0.29) is 0 Å². The molecule has 0 spiro atoms. The molecule has 4 rings (SSSR count). The average Bonchev–Trinajstić information content (AvgIpc) is 2.73. The third-order valence-electron chi connectivity index (χ3n) is 4.70. The molecule has 2 atom stereocenters. The quantitative estimate of drug-likeness (QED) is 0.732. The fourth-order valence-electron chi connectivity index (χ4n) is 3.76. The molecule has 20 heavy (non-hydrogen) atoms. The van der Waals surface area contributed by atoms with Gasteiger partial charge < -0.3 is 4.90 Å². The summed E-state index contributed by atoms with van der Waals surface area (Å²) in [5.74, 6) is 1.31. The van der Waals surface area contributed by atoms with Crippen molar-refractivity contribution in [2.45, 2.75) is 25.6 Å². The van der Waals surface area contributed by atoms with E-state index in [1.807, 2.05) is 0 Å². The maximum Gasteiger partial charge on any atom is 0.278 e. The van der Waals surface area contributed by atoms with Crippen molar-refractivity contribution in [3.8, 4) is 0 Å². The number of benzene rings is 1. The van der Waals surface area contributed by atoms with Gasteiger partial charge in [-0.05, 0) is 24.6 Å². The van der Waals surface area contributed by atoms with Crippen LogP contribution in [0.5, 0.6) is 0 Å². The van der Waals surface area contributed by atoms with Gasteiger partial charge in [0.15, 0.2) is 6.17 Å². The van der Waals surface area contributed by atoms with Crippen LogP contribution in [0.4, 0.5) is 11.5 Å². The first-order valence-corrected chi connectivity index (χ1v) is 7.33. The molecule has 2 aromatic rings. The smallest absolute Gasteiger partial charge is 0.278 e. The highest BCUT2D eigenvalue weighted by molar-refractivity contribution is 5.62. The molecule has 2 unspecified atom stereocenters. The van der Waals surface area contributed by atoms with E-state index in [0.717, 1.165) is 13.0 Å². The summed E-state index contributed by atoms with van der Waals surface area (Å²) in [6, 6.07) is 15.9. The molecule has 0 amide bonds. The van der Waals surface area contributed by atoms with Crippen molar-refractivity contribution < 1.29 is 4.57 Å². The Kier molecular flexibility index (Phi) is 2.49. The topological polar surface area (TPSA) is 10.4 Å². The summed E-state index contributed by atoms with van der Waals surface area (Å²) in [6.45, 7) is 3.45.